The Kier molecular flexibility index (Phi) is 4.20. The van der Waals surface area contributed by atoms with Gasteiger partial charge in [0.05, 0.1) is 0 Å². The van der Waals surface area contributed by atoms with Crippen LogP contribution in [-0.2, 0) is 14.3 Å². The number of epoxide rings is 1. The topological polar surface area (TPSA) is 68.3 Å². The van der Waals surface area contributed by atoms with Gasteiger partial charge < -0.3 is 19.3 Å². The highest BCUT2D eigenvalue weighted by Crippen LogP contribution is 2.55. The number of allylic oxidation sites excluding steroid dienone is 2. The first kappa shape index (κ1) is 16.7. The summed E-state index contributed by atoms with van der Waals surface area (Å²) in [5.74, 6) is 11.5. The van der Waals surface area contributed by atoms with Gasteiger partial charge in [-0.25, -0.2) is 4.79 Å². The average molecular weight is 350 g/mol. The molecule has 0 aromatic heterocycles. The molecule has 2 bridgehead atoms. The van der Waals surface area contributed by atoms with Crippen LogP contribution in [0.4, 0.5) is 0 Å². The van der Waals surface area contributed by atoms with Crippen molar-refractivity contribution in [3.05, 3.63) is 42.5 Å². The molecule has 0 amide bonds. The van der Waals surface area contributed by atoms with E-state index in [1.165, 1.54) is 0 Å². The Hall–Kier alpha value is -2.73. The molecule has 1 aromatic rings. The van der Waals surface area contributed by atoms with E-state index in [0.717, 1.165) is 6.42 Å². The van der Waals surface area contributed by atoms with Gasteiger partial charge in [-0.05, 0) is 43.5 Å². The standard InChI is InChI=1S/C21H18O5/c22-18(15-24-16-9-4-3-5-10-16)25-17-11-6-1-2-7-12-20(23)13-8-14-21(17)19(20)26-21/h1-5,9-10,17,19,23H,8,13-15H2/b2-1-/t17-,19+,20+,21+/m1/s1. The molecule has 0 unspecified atom stereocenters. The fraction of sp³-hybridized carbons (Fsp3) is 0.381. The number of benzene rings is 1. The molecule has 5 nitrogen and oxygen atoms in total. The van der Waals surface area contributed by atoms with Crippen LogP contribution in [0.25, 0.3) is 0 Å². The second kappa shape index (κ2) is 6.53. The largest absolute Gasteiger partial charge is 0.482 e. The molecule has 132 valence electrons. The molecule has 1 aliphatic heterocycles. The Labute approximate surface area is 151 Å². The SMILES string of the molecule is O=C(COc1ccccc1)O[C@@H]1C#C/C=C\C#C[C@]2(O)CCC[C@]13O[C@H]32. The number of carbonyl (C=O) groups is 1. The smallest absolute Gasteiger partial charge is 0.345 e. The summed E-state index contributed by atoms with van der Waals surface area (Å²) in [7, 11) is 0. The third kappa shape index (κ3) is 3.08. The van der Waals surface area contributed by atoms with Gasteiger partial charge in [0, 0.05) is 0 Å². The lowest BCUT2D eigenvalue weighted by atomic mass is 9.76. The fourth-order valence-corrected chi connectivity index (χ4v) is 3.55. The summed E-state index contributed by atoms with van der Waals surface area (Å²) in [5, 5.41) is 10.8. The van der Waals surface area contributed by atoms with E-state index in [4.69, 9.17) is 14.2 Å². The normalized spacial score (nSPS) is 34.7. The zero-order valence-corrected chi connectivity index (χ0v) is 14.1. The van der Waals surface area contributed by atoms with Gasteiger partial charge >= 0.3 is 5.97 Å². The van der Waals surface area contributed by atoms with E-state index in [1.807, 2.05) is 18.2 Å². The molecular formula is C21H18O5. The van der Waals surface area contributed by atoms with Crippen molar-refractivity contribution in [2.45, 2.75) is 42.7 Å². The van der Waals surface area contributed by atoms with Crippen LogP contribution in [0.1, 0.15) is 19.3 Å². The van der Waals surface area contributed by atoms with Crippen molar-refractivity contribution < 1.29 is 24.1 Å². The van der Waals surface area contributed by atoms with Crippen molar-refractivity contribution in [1.82, 2.24) is 0 Å². The number of hydrogen-bond donors (Lipinski definition) is 1. The van der Waals surface area contributed by atoms with E-state index in [1.54, 1.807) is 24.3 Å². The highest BCUT2D eigenvalue weighted by Gasteiger charge is 2.72. The van der Waals surface area contributed by atoms with Crippen molar-refractivity contribution >= 4 is 5.97 Å². The second-order valence-corrected chi connectivity index (χ2v) is 6.59. The molecule has 2 fully saturated rings. The van der Waals surface area contributed by atoms with Gasteiger partial charge in [-0.2, -0.15) is 0 Å². The summed E-state index contributed by atoms with van der Waals surface area (Å²) < 4.78 is 16.8. The maximum absolute atomic E-state index is 12.3. The van der Waals surface area contributed by atoms with Gasteiger partial charge in [0.15, 0.2) is 18.3 Å². The Balaban J connectivity index is 1.48. The lowest BCUT2D eigenvalue weighted by Crippen LogP contribution is -2.47. The second-order valence-electron chi connectivity index (χ2n) is 6.59. The Morgan fingerprint density at radius 1 is 1.23 bits per heavy atom. The number of hydrogen-bond acceptors (Lipinski definition) is 5. The van der Waals surface area contributed by atoms with Gasteiger partial charge in [-0.15, -0.1) is 0 Å². The van der Waals surface area contributed by atoms with Crippen LogP contribution in [-0.4, -0.2) is 41.1 Å². The molecule has 1 saturated carbocycles. The highest BCUT2D eigenvalue weighted by atomic mass is 16.7. The first-order chi connectivity index (χ1) is 12.6. The zero-order valence-electron chi connectivity index (χ0n) is 14.1. The van der Waals surface area contributed by atoms with Crippen LogP contribution in [0.2, 0.25) is 0 Å². The van der Waals surface area contributed by atoms with Gasteiger partial charge in [0.1, 0.15) is 17.5 Å². The third-order valence-electron chi connectivity index (χ3n) is 4.83. The van der Waals surface area contributed by atoms with E-state index < -0.39 is 29.4 Å². The number of para-hydroxylation sites is 1. The Morgan fingerprint density at radius 3 is 2.88 bits per heavy atom. The molecular weight excluding hydrogens is 332 g/mol. The minimum absolute atomic E-state index is 0.219. The molecule has 0 radical (unpaired) electrons. The van der Waals surface area contributed by atoms with Crippen LogP contribution in [0.15, 0.2) is 42.5 Å². The van der Waals surface area contributed by atoms with Crippen molar-refractivity contribution in [3.63, 3.8) is 0 Å². The Morgan fingerprint density at radius 2 is 2.04 bits per heavy atom. The molecule has 1 heterocycles. The van der Waals surface area contributed by atoms with E-state index in [2.05, 4.69) is 23.7 Å². The minimum atomic E-state index is -1.23. The Bertz CT molecular complexity index is 853. The first-order valence-corrected chi connectivity index (χ1v) is 8.59. The molecule has 4 atom stereocenters. The predicted octanol–water partition coefficient (Wildman–Crippen LogP) is 1.61. The number of carbonyl (C=O) groups excluding carboxylic acids is 1. The van der Waals surface area contributed by atoms with Crippen LogP contribution in [0.3, 0.4) is 0 Å². The molecule has 3 aliphatic rings. The zero-order chi connectivity index (χ0) is 18.0. The van der Waals surface area contributed by atoms with Crippen molar-refractivity contribution in [2.75, 3.05) is 6.61 Å². The lowest BCUT2D eigenvalue weighted by Gasteiger charge is -2.30. The molecule has 26 heavy (non-hydrogen) atoms. The summed E-state index contributed by atoms with van der Waals surface area (Å²) in [6, 6.07) is 9.04. The molecule has 1 saturated heterocycles. The van der Waals surface area contributed by atoms with E-state index in [-0.39, 0.29) is 6.61 Å². The number of esters is 1. The molecule has 2 aliphatic carbocycles. The van der Waals surface area contributed by atoms with Crippen LogP contribution in [0, 0.1) is 23.7 Å². The van der Waals surface area contributed by atoms with Crippen LogP contribution < -0.4 is 4.74 Å². The molecule has 1 N–H and O–H groups in total. The number of aliphatic hydroxyl groups is 1. The quantitative estimate of drug-likeness (QED) is 0.508. The van der Waals surface area contributed by atoms with Crippen molar-refractivity contribution in [2.24, 2.45) is 0 Å². The van der Waals surface area contributed by atoms with Gasteiger partial charge in [-0.1, -0.05) is 41.9 Å². The fourth-order valence-electron chi connectivity index (χ4n) is 3.55. The monoisotopic (exact) mass is 350 g/mol. The van der Waals surface area contributed by atoms with E-state index in [0.29, 0.717) is 18.6 Å². The predicted molar refractivity (Wildman–Crippen MR) is 92.9 cm³/mol. The van der Waals surface area contributed by atoms with Gasteiger partial charge in [-0.3, -0.25) is 0 Å². The molecule has 5 heteroatoms. The molecule has 4 rings (SSSR count). The lowest BCUT2D eigenvalue weighted by molar-refractivity contribution is -0.152. The van der Waals surface area contributed by atoms with Gasteiger partial charge in [0.25, 0.3) is 0 Å². The van der Waals surface area contributed by atoms with Crippen LogP contribution in [0.5, 0.6) is 5.75 Å². The molecule has 0 spiro atoms. The van der Waals surface area contributed by atoms with Gasteiger partial charge in [0.2, 0.25) is 0 Å². The van der Waals surface area contributed by atoms with E-state index in [9.17, 15) is 9.90 Å². The summed E-state index contributed by atoms with van der Waals surface area (Å²) in [4.78, 5) is 12.3. The summed E-state index contributed by atoms with van der Waals surface area (Å²) in [5.41, 5.74) is -2.02. The third-order valence-corrected chi connectivity index (χ3v) is 4.83. The average Bonchev–Trinajstić information content (AvgIpc) is 3.40. The van der Waals surface area contributed by atoms with Crippen molar-refractivity contribution in [1.29, 1.82) is 0 Å². The maximum atomic E-state index is 12.3. The van der Waals surface area contributed by atoms with Crippen LogP contribution >= 0.6 is 0 Å². The van der Waals surface area contributed by atoms with E-state index >= 15 is 0 Å². The summed E-state index contributed by atoms with van der Waals surface area (Å²) >= 11 is 0. The number of rotatable bonds is 4. The molecule has 1 aromatic carbocycles. The number of ether oxygens (including phenoxy) is 3. The maximum Gasteiger partial charge on any atom is 0.345 e. The summed E-state index contributed by atoms with van der Waals surface area (Å²) in [6.07, 6.45) is 3.81. The summed E-state index contributed by atoms with van der Waals surface area (Å²) in [6.45, 7) is -0.219. The highest BCUT2D eigenvalue weighted by molar-refractivity contribution is 5.72. The first-order valence-electron chi connectivity index (χ1n) is 8.59. The minimum Gasteiger partial charge on any atom is -0.482 e. The van der Waals surface area contributed by atoms with Crippen molar-refractivity contribution in [3.8, 4) is 29.4 Å².